The highest BCUT2D eigenvalue weighted by molar-refractivity contribution is 6.58. The van der Waals surface area contributed by atoms with Crippen LogP contribution in [-0.2, 0) is 0 Å². The molecule has 1 saturated carbocycles. The van der Waals surface area contributed by atoms with Gasteiger partial charge in [-0.3, -0.25) is 0 Å². The summed E-state index contributed by atoms with van der Waals surface area (Å²) in [6.07, 6.45) is 12.7. The highest BCUT2D eigenvalue weighted by Crippen LogP contribution is 2.39. The van der Waals surface area contributed by atoms with E-state index in [1.165, 1.54) is 56.7 Å². The van der Waals surface area contributed by atoms with Crippen molar-refractivity contribution < 1.29 is 13.2 Å². The number of unbranched alkanes of at least 4 members (excludes halogenated alkanes) is 1. The van der Waals surface area contributed by atoms with Crippen LogP contribution < -0.4 is 0 Å². The van der Waals surface area contributed by atoms with Crippen molar-refractivity contribution in [2.75, 3.05) is 0 Å². The molecule has 0 radical (unpaired) electrons. The van der Waals surface area contributed by atoms with Crippen LogP contribution in [0.2, 0.25) is 18.1 Å². The van der Waals surface area contributed by atoms with Gasteiger partial charge in [0.15, 0.2) is 17.5 Å². The normalized spacial score (nSPS) is 29.0. The molecule has 0 aromatic heterocycles. The Kier molecular flexibility index (Phi) is 7.86. The Morgan fingerprint density at radius 1 is 0.815 bits per heavy atom. The second kappa shape index (κ2) is 10.1. The number of benzene rings is 1. The van der Waals surface area contributed by atoms with Gasteiger partial charge >= 0.3 is 0 Å². The van der Waals surface area contributed by atoms with Crippen molar-refractivity contribution in [3.63, 3.8) is 0 Å². The van der Waals surface area contributed by atoms with Crippen molar-refractivity contribution in [3.05, 3.63) is 35.1 Å². The first kappa shape index (κ1) is 20.9. The third-order valence-corrected chi connectivity index (χ3v) is 10.8. The Morgan fingerprint density at radius 2 is 1.33 bits per heavy atom. The lowest BCUT2D eigenvalue weighted by atomic mass is 9.77. The van der Waals surface area contributed by atoms with Gasteiger partial charge in [0.05, 0.1) is 0 Å². The average Bonchev–Trinajstić information content (AvgIpc) is 2.70. The summed E-state index contributed by atoms with van der Waals surface area (Å²) in [5.74, 6) is -1.51. The summed E-state index contributed by atoms with van der Waals surface area (Å²) in [4.78, 5) is 0. The van der Waals surface area contributed by atoms with E-state index in [-0.39, 0.29) is 14.7 Å². The third-order valence-electron chi connectivity index (χ3n) is 7.34. The van der Waals surface area contributed by atoms with E-state index in [1.807, 2.05) is 0 Å². The molecule has 1 aromatic carbocycles. The minimum absolute atomic E-state index is 0.184. The van der Waals surface area contributed by atoms with Gasteiger partial charge in [-0.05, 0) is 61.1 Å². The quantitative estimate of drug-likeness (QED) is 0.253. The van der Waals surface area contributed by atoms with Crippen LogP contribution in [0.1, 0.15) is 82.6 Å². The monoisotopic (exact) mass is 396 g/mol. The van der Waals surface area contributed by atoms with Crippen LogP contribution in [0.15, 0.2) is 12.1 Å². The predicted molar refractivity (Wildman–Crippen MR) is 109 cm³/mol. The third kappa shape index (κ3) is 5.85. The summed E-state index contributed by atoms with van der Waals surface area (Å²) < 4.78 is 40.1. The summed E-state index contributed by atoms with van der Waals surface area (Å²) in [7, 11) is -0.317. The molecule has 2 fully saturated rings. The summed E-state index contributed by atoms with van der Waals surface area (Å²) >= 11 is 0. The van der Waals surface area contributed by atoms with Gasteiger partial charge < -0.3 is 0 Å². The average molecular weight is 397 g/mol. The molecule has 152 valence electrons. The van der Waals surface area contributed by atoms with Crippen LogP contribution in [0.25, 0.3) is 0 Å². The SMILES string of the molecule is CC[SiH]1CCC(CCCC[C@H]2CC[C@H](c3cc(F)c(F)c(F)c3)CC2)CC1. The molecule has 1 saturated heterocycles. The van der Waals surface area contributed by atoms with Gasteiger partial charge in [-0.15, -0.1) is 0 Å². The van der Waals surface area contributed by atoms with Crippen LogP contribution in [-0.4, -0.2) is 8.80 Å². The van der Waals surface area contributed by atoms with Gasteiger partial charge in [0, 0.05) is 8.80 Å². The number of halogens is 3. The molecule has 1 aliphatic carbocycles. The van der Waals surface area contributed by atoms with E-state index in [1.54, 1.807) is 12.1 Å². The lowest BCUT2D eigenvalue weighted by Gasteiger charge is -2.29. The lowest BCUT2D eigenvalue weighted by molar-refractivity contribution is 0.296. The maximum atomic E-state index is 13.5. The minimum Gasteiger partial charge on any atom is -0.204 e. The summed E-state index contributed by atoms with van der Waals surface area (Å²) in [6.45, 7) is 2.38. The fourth-order valence-electron chi connectivity index (χ4n) is 5.39. The smallest absolute Gasteiger partial charge is 0.194 e. The Bertz CT molecular complexity index is 564. The zero-order valence-electron chi connectivity index (χ0n) is 16.8. The molecule has 3 rings (SSSR count). The van der Waals surface area contributed by atoms with Crippen molar-refractivity contribution in [3.8, 4) is 0 Å². The van der Waals surface area contributed by atoms with Gasteiger partial charge in [-0.25, -0.2) is 13.2 Å². The molecule has 1 aromatic rings. The fraction of sp³-hybridized carbons (Fsp3) is 0.739. The summed E-state index contributed by atoms with van der Waals surface area (Å²) in [6, 6.07) is 7.04. The van der Waals surface area contributed by atoms with E-state index >= 15 is 0 Å². The van der Waals surface area contributed by atoms with Crippen molar-refractivity contribution in [2.24, 2.45) is 11.8 Å². The molecule has 27 heavy (non-hydrogen) atoms. The first-order chi connectivity index (χ1) is 13.1. The van der Waals surface area contributed by atoms with E-state index in [4.69, 9.17) is 0 Å². The Balaban J connectivity index is 1.33. The van der Waals surface area contributed by atoms with E-state index < -0.39 is 17.5 Å². The highest BCUT2D eigenvalue weighted by Gasteiger charge is 2.25. The number of hydrogen-bond acceptors (Lipinski definition) is 0. The molecule has 0 unspecified atom stereocenters. The summed E-state index contributed by atoms with van der Waals surface area (Å²) in [5, 5.41) is 0. The van der Waals surface area contributed by atoms with E-state index in [0.717, 1.165) is 37.5 Å². The Labute approximate surface area is 164 Å². The first-order valence-corrected chi connectivity index (χ1v) is 13.7. The molecular weight excluding hydrogens is 361 g/mol. The highest BCUT2D eigenvalue weighted by atomic mass is 28.3. The van der Waals surface area contributed by atoms with Gasteiger partial charge in [-0.2, -0.15) is 0 Å². The molecule has 1 heterocycles. The second-order valence-electron chi connectivity index (χ2n) is 9.10. The molecule has 4 heteroatoms. The number of hydrogen-bond donors (Lipinski definition) is 0. The Hall–Kier alpha value is -0.773. The molecule has 0 bridgehead atoms. The predicted octanol–water partition coefficient (Wildman–Crippen LogP) is 7.60. The molecule has 0 nitrogen and oxygen atoms in total. The molecule has 0 amide bonds. The Morgan fingerprint density at radius 3 is 1.85 bits per heavy atom. The molecule has 2 aliphatic rings. The molecule has 0 spiro atoms. The van der Waals surface area contributed by atoms with Crippen LogP contribution >= 0.6 is 0 Å². The van der Waals surface area contributed by atoms with Crippen molar-refractivity contribution in [2.45, 2.75) is 95.2 Å². The molecule has 0 N–H and O–H groups in total. The fourth-order valence-corrected chi connectivity index (χ4v) is 8.38. The van der Waals surface area contributed by atoms with Crippen LogP contribution in [0, 0.1) is 29.3 Å². The van der Waals surface area contributed by atoms with E-state index in [9.17, 15) is 13.2 Å². The van der Waals surface area contributed by atoms with E-state index in [2.05, 4.69) is 6.92 Å². The second-order valence-corrected chi connectivity index (χ2v) is 12.8. The van der Waals surface area contributed by atoms with Crippen LogP contribution in [0.4, 0.5) is 13.2 Å². The zero-order valence-corrected chi connectivity index (χ0v) is 17.9. The largest absolute Gasteiger partial charge is 0.204 e. The van der Waals surface area contributed by atoms with Crippen LogP contribution in [0.5, 0.6) is 0 Å². The van der Waals surface area contributed by atoms with Crippen molar-refractivity contribution >= 4 is 8.80 Å². The maximum Gasteiger partial charge on any atom is 0.194 e. The van der Waals surface area contributed by atoms with Gasteiger partial charge in [0.1, 0.15) is 0 Å². The van der Waals surface area contributed by atoms with Gasteiger partial charge in [0.25, 0.3) is 0 Å². The minimum atomic E-state index is -1.35. The van der Waals surface area contributed by atoms with Crippen LogP contribution in [0.3, 0.4) is 0 Å². The van der Waals surface area contributed by atoms with Crippen molar-refractivity contribution in [1.82, 2.24) is 0 Å². The van der Waals surface area contributed by atoms with Gasteiger partial charge in [-0.1, -0.05) is 63.6 Å². The number of rotatable bonds is 7. The molecule has 1 aliphatic heterocycles. The molecule has 0 atom stereocenters. The van der Waals surface area contributed by atoms with Crippen molar-refractivity contribution in [1.29, 1.82) is 0 Å². The maximum absolute atomic E-state index is 13.5. The van der Waals surface area contributed by atoms with E-state index in [0.29, 0.717) is 5.56 Å². The lowest BCUT2D eigenvalue weighted by Crippen LogP contribution is -2.20. The standard InChI is InChI=1S/C23H35F3Si/c1-2-27-13-11-18(12-14-27)6-4-3-5-17-7-9-19(10-8-17)20-15-21(24)23(26)22(25)16-20/h15-19,27H,2-14H2,1H3/t17-,18?,19-,27?. The summed E-state index contributed by atoms with van der Waals surface area (Å²) in [5.41, 5.74) is 0.635. The topological polar surface area (TPSA) is 0 Å². The zero-order chi connectivity index (χ0) is 19.2. The first-order valence-electron chi connectivity index (χ1n) is 11.2. The van der Waals surface area contributed by atoms with Gasteiger partial charge in [0.2, 0.25) is 0 Å². The molecular formula is C23H35F3Si.